The van der Waals surface area contributed by atoms with Gasteiger partial charge in [0.1, 0.15) is 6.54 Å². The first-order valence-corrected chi connectivity index (χ1v) is 11.3. The maximum Gasteiger partial charge on any atom is 0.239 e. The average molecular weight is 446 g/mol. The van der Waals surface area contributed by atoms with Crippen LogP contribution in [0.2, 0.25) is 0 Å². The maximum atomic E-state index is 12.6. The lowest BCUT2D eigenvalue weighted by Crippen LogP contribution is -2.39. The molecule has 170 valence electrons. The van der Waals surface area contributed by atoms with Gasteiger partial charge in [0, 0.05) is 62.7 Å². The molecule has 0 unspecified atom stereocenters. The van der Waals surface area contributed by atoms with Crippen LogP contribution in [-0.2, 0) is 41.9 Å². The second kappa shape index (κ2) is 9.40. The molecule has 2 amide bonds. The number of benzene rings is 1. The molecule has 33 heavy (non-hydrogen) atoms. The van der Waals surface area contributed by atoms with E-state index in [1.54, 1.807) is 23.3 Å². The van der Waals surface area contributed by atoms with Crippen LogP contribution < -0.4 is 10.6 Å². The molecular weight excluding hydrogens is 418 g/mol. The molecule has 5 rings (SSSR count). The molecule has 3 heterocycles. The van der Waals surface area contributed by atoms with Crippen molar-refractivity contribution in [1.82, 2.24) is 29.7 Å². The van der Waals surface area contributed by atoms with E-state index in [2.05, 4.69) is 44.9 Å². The number of carbonyl (C=O) groups excluding carboxylic acids is 2. The van der Waals surface area contributed by atoms with Gasteiger partial charge in [0.15, 0.2) is 0 Å². The summed E-state index contributed by atoms with van der Waals surface area (Å²) in [5.74, 6) is 0.546. The predicted octanol–water partition coefficient (Wildman–Crippen LogP) is 1.34. The van der Waals surface area contributed by atoms with Crippen molar-refractivity contribution in [2.45, 2.75) is 44.8 Å². The number of amides is 2. The van der Waals surface area contributed by atoms with Crippen LogP contribution in [0.15, 0.2) is 49.2 Å². The lowest BCUT2D eigenvalue weighted by molar-refractivity contribution is -0.132. The zero-order valence-corrected chi connectivity index (χ0v) is 18.4. The SMILES string of the molecule is O=C(Cn1ccnc1)NCCC(=O)N1CCc2nc(NC3Cc4ccccc4C3)ncc2C1. The number of aromatic nitrogens is 4. The smallest absolute Gasteiger partial charge is 0.239 e. The van der Waals surface area contributed by atoms with Crippen molar-refractivity contribution in [3.05, 3.63) is 71.6 Å². The summed E-state index contributed by atoms with van der Waals surface area (Å²) in [5.41, 5.74) is 4.76. The number of fused-ring (bicyclic) bond motifs is 2. The number of rotatable bonds is 7. The van der Waals surface area contributed by atoms with E-state index in [1.165, 1.54) is 11.1 Å². The third kappa shape index (κ3) is 5.02. The standard InChI is InChI=1S/C24H27N7O2/c32-22(15-30-10-8-25-16-30)26-7-5-23(33)31-9-6-21-19(14-31)13-27-24(29-21)28-20-11-17-3-1-2-4-18(17)12-20/h1-4,8,10,13,16,20H,5-7,9,11-12,14-15H2,(H,26,32)(H,27,28,29). The highest BCUT2D eigenvalue weighted by Crippen LogP contribution is 2.24. The molecule has 0 bridgehead atoms. The Balaban J connectivity index is 1.10. The highest BCUT2D eigenvalue weighted by atomic mass is 16.2. The van der Waals surface area contributed by atoms with Gasteiger partial charge in [0.2, 0.25) is 17.8 Å². The van der Waals surface area contributed by atoms with E-state index in [9.17, 15) is 9.59 Å². The fourth-order valence-electron chi connectivity index (χ4n) is 4.51. The Morgan fingerprint density at radius 1 is 1.12 bits per heavy atom. The Morgan fingerprint density at radius 2 is 1.94 bits per heavy atom. The predicted molar refractivity (Wildman–Crippen MR) is 122 cm³/mol. The third-order valence-corrected chi connectivity index (χ3v) is 6.22. The van der Waals surface area contributed by atoms with Gasteiger partial charge in [-0.3, -0.25) is 9.59 Å². The zero-order valence-electron chi connectivity index (χ0n) is 18.4. The van der Waals surface area contributed by atoms with Crippen LogP contribution in [0, 0.1) is 0 Å². The van der Waals surface area contributed by atoms with E-state index in [0.717, 1.165) is 24.1 Å². The molecule has 0 radical (unpaired) electrons. The molecular formula is C24H27N7O2. The van der Waals surface area contributed by atoms with Crippen molar-refractivity contribution in [3.8, 4) is 0 Å². The second-order valence-corrected chi connectivity index (χ2v) is 8.58. The van der Waals surface area contributed by atoms with Gasteiger partial charge in [0.25, 0.3) is 0 Å². The van der Waals surface area contributed by atoms with Gasteiger partial charge >= 0.3 is 0 Å². The molecule has 0 saturated carbocycles. The van der Waals surface area contributed by atoms with Crippen molar-refractivity contribution >= 4 is 17.8 Å². The molecule has 0 atom stereocenters. The van der Waals surface area contributed by atoms with Crippen molar-refractivity contribution in [3.63, 3.8) is 0 Å². The van der Waals surface area contributed by atoms with Gasteiger partial charge in [-0.05, 0) is 24.0 Å². The fourth-order valence-corrected chi connectivity index (χ4v) is 4.51. The van der Waals surface area contributed by atoms with Crippen LogP contribution >= 0.6 is 0 Å². The van der Waals surface area contributed by atoms with Crippen LogP contribution in [0.25, 0.3) is 0 Å². The summed E-state index contributed by atoms with van der Waals surface area (Å²) in [6, 6.07) is 8.84. The molecule has 1 aromatic carbocycles. The van der Waals surface area contributed by atoms with E-state index < -0.39 is 0 Å². The molecule has 2 aromatic heterocycles. The van der Waals surface area contributed by atoms with Gasteiger partial charge in [-0.1, -0.05) is 24.3 Å². The maximum absolute atomic E-state index is 12.6. The topological polar surface area (TPSA) is 105 Å². The summed E-state index contributed by atoms with van der Waals surface area (Å²) < 4.78 is 1.69. The summed E-state index contributed by atoms with van der Waals surface area (Å²) in [6.07, 6.45) is 9.72. The minimum Gasteiger partial charge on any atom is -0.354 e. The van der Waals surface area contributed by atoms with Crippen molar-refractivity contribution in [1.29, 1.82) is 0 Å². The van der Waals surface area contributed by atoms with Crippen molar-refractivity contribution < 1.29 is 9.59 Å². The molecule has 9 heteroatoms. The number of imidazole rings is 1. The Morgan fingerprint density at radius 3 is 2.70 bits per heavy atom. The van der Waals surface area contributed by atoms with E-state index in [-0.39, 0.29) is 24.8 Å². The van der Waals surface area contributed by atoms with Crippen LogP contribution in [0.4, 0.5) is 5.95 Å². The van der Waals surface area contributed by atoms with Gasteiger partial charge in [-0.2, -0.15) is 0 Å². The van der Waals surface area contributed by atoms with Crippen LogP contribution in [-0.4, -0.2) is 55.4 Å². The Hall–Kier alpha value is -3.75. The molecule has 1 aliphatic heterocycles. The highest BCUT2D eigenvalue weighted by Gasteiger charge is 2.24. The molecule has 9 nitrogen and oxygen atoms in total. The highest BCUT2D eigenvalue weighted by molar-refractivity contribution is 5.79. The van der Waals surface area contributed by atoms with Crippen molar-refractivity contribution in [2.24, 2.45) is 0 Å². The van der Waals surface area contributed by atoms with Gasteiger partial charge in [-0.15, -0.1) is 0 Å². The van der Waals surface area contributed by atoms with Crippen LogP contribution in [0.5, 0.6) is 0 Å². The molecule has 1 aliphatic carbocycles. The Bertz CT molecular complexity index is 1120. The lowest BCUT2D eigenvalue weighted by atomic mass is 10.1. The lowest BCUT2D eigenvalue weighted by Gasteiger charge is -2.28. The summed E-state index contributed by atoms with van der Waals surface area (Å²) in [7, 11) is 0. The number of nitrogens with one attached hydrogen (secondary N) is 2. The third-order valence-electron chi connectivity index (χ3n) is 6.22. The van der Waals surface area contributed by atoms with Gasteiger partial charge in [-0.25, -0.2) is 15.0 Å². The quantitative estimate of drug-likeness (QED) is 0.569. The first-order valence-electron chi connectivity index (χ1n) is 11.3. The number of carbonyl (C=O) groups is 2. The second-order valence-electron chi connectivity index (χ2n) is 8.58. The molecule has 0 spiro atoms. The summed E-state index contributed by atoms with van der Waals surface area (Å²) in [6.45, 7) is 1.65. The Kier molecular flexibility index (Phi) is 6.01. The molecule has 2 aliphatic rings. The van der Waals surface area contributed by atoms with Gasteiger partial charge in [0.05, 0.1) is 12.0 Å². The largest absolute Gasteiger partial charge is 0.354 e. The number of anilines is 1. The minimum absolute atomic E-state index is 0.0227. The molecule has 2 N–H and O–H groups in total. The summed E-state index contributed by atoms with van der Waals surface area (Å²) in [4.78, 5) is 39.5. The minimum atomic E-state index is -0.136. The number of hydrogen-bond donors (Lipinski definition) is 2. The molecule has 3 aromatic rings. The fraction of sp³-hybridized carbons (Fsp3) is 0.375. The molecule has 0 saturated heterocycles. The molecule has 0 fully saturated rings. The summed E-state index contributed by atoms with van der Waals surface area (Å²) >= 11 is 0. The van der Waals surface area contributed by atoms with E-state index >= 15 is 0 Å². The normalized spacial score (nSPS) is 15.1. The van der Waals surface area contributed by atoms with Crippen molar-refractivity contribution in [2.75, 3.05) is 18.4 Å². The van der Waals surface area contributed by atoms with E-state index in [4.69, 9.17) is 4.98 Å². The average Bonchev–Trinajstić information content (AvgIpc) is 3.47. The summed E-state index contributed by atoms with van der Waals surface area (Å²) in [5, 5.41) is 6.27. The van der Waals surface area contributed by atoms with E-state index in [1.807, 2.05) is 11.1 Å². The van der Waals surface area contributed by atoms with Crippen LogP contribution in [0.1, 0.15) is 28.8 Å². The van der Waals surface area contributed by atoms with Crippen LogP contribution in [0.3, 0.4) is 0 Å². The number of hydrogen-bond acceptors (Lipinski definition) is 6. The first kappa shape index (κ1) is 21.1. The number of nitrogens with zero attached hydrogens (tertiary/aromatic N) is 5. The van der Waals surface area contributed by atoms with Gasteiger partial charge < -0.3 is 20.1 Å². The first-order chi connectivity index (χ1) is 16.1. The Labute approximate surface area is 192 Å². The van der Waals surface area contributed by atoms with E-state index in [0.29, 0.717) is 38.0 Å². The monoisotopic (exact) mass is 445 g/mol. The zero-order chi connectivity index (χ0) is 22.6.